The molecule has 2 N–H and O–H groups in total. The first-order valence-corrected chi connectivity index (χ1v) is 10.3. The third-order valence-electron chi connectivity index (χ3n) is 3.96. The van der Waals surface area contributed by atoms with Gasteiger partial charge < -0.3 is 19.5 Å². The Kier molecular flexibility index (Phi) is 7.16. The molecule has 1 aromatic carbocycles. The summed E-state index contributed by atoms with van der Waals surface area (Å²) in [5, 5.41) is 5.27. The first-order chi connectivity index (χ1) is 13.7. The zero-order valence-electron chi connectivity index (χ0n) is 15.6. The summed E-state index contributed by atoms with van der Waals surface area (Å²) in [4.78, 5) is 17.2. The van der Waals surface area contributed by atoms with E-state index in [1.807, 2.05) is 41.8 Å². The van der Waals surface area contributed by atoms with Crippen molar-refractivity contribution in [3.05, 3.63) is 64.6 Å². The van der Waals surface area contributed by atoms with E-state index in [4.69, 9.17) is 9.47 Å². The predicted molar refractivity (Wildman–Crippen MR) is 115 cm³/mol. The van der Waals surface area contributed by atoms with Crippen LogP contribution in [0, 0.1) is 0 Å². The van der Waals surface area contributed by atoms with Gasteiger partial charge in [-0.25, -0.2) is 4.79 Å². The van der Waals surface area contributed by atoms with E-state index in [2.05, 4.69) is 15.0 Å². The lowest BCUT2D eigenvalue weighted by atomic mass is 10.2. The fourth-order valence-electron chi connectivity index (χ4n) is 2.52. The second-order valence-electron chi connectivity index (χ2n) is 5.76. The zero-order valence-corrected chi connectivity index (χ0v) is 17.2. The zero-order chi connectivity index (χ0) is 19.8. The van der Waals surface area contributed by atoms with Crippen LogP contribution in [0.25, 0.3) is 0 Å². The van der Waals surface area contributed by atoms with Crippen molar-refractivity contribution in [2.75, 3.05) is 30.8 Å². The molecule has 6 nitrogen and oxygen atoms in total. The van der Waals surface area contributed by atoms with Gasteiger partial charge in [0.25, 0.3) is 0 Å². The van der Waals surface area contributed by atoms with Gasteiger partial charge in [-0.2, -0.15) is 0 Å². The Morgan fingerprint density at radius 3 is 2.75 bits per heavy atom. The summed E-state index contributed by atoms with van der Waals surface area (Å²) in [6.45, 7) is 0.812. The van der Waals surface area contributed by atoms with Crippen LogP contribution in [0.2, 0.25) is 0 Å². The minimum absolute atomic E-state index is 0.333. The third kappa shape index (κ3) is 5.17. The van der Waals surface area contributed by atoms with Gasteiger partial charge in [0.05, 0.1) is 24.8 Å². The first-order valence-electron chi connectivity index (χ1n) is 8.60. The van der Waals surface area contributed by atoms with E-state index in [0.717, 1.165) is 35.0 Å². The van der Waals surface area contributed by atoms with Crippen LogP contribution in [0.15, 0.2) is 59.1 Å². The van der Waals surface area contributed by atoms with E-state index in [-0.39, 0.29) is 5.97 Å². The Hall–Kier alpha value is -2.71. The van der Waals surface area contributed by atoms with Gasteiger partial charge in [0.15, 0.2) is 0 Å². The first kappa shape index (κ1) is 20.0. The number of anilines is 2. The number of hydrogen-bond donors (Lipinski definition) is 2. The van der Waals surface area contributed by atoms with Crippen molar-refractivity contribution in [2.45, 2.75) is 11.3 Å². The molecular weight excluding hydrogens is 394 g/mol. The topological polar surface area (TPSA) is 72.5 Å². The van der Waals surface area contributed by atoms with Gasteiger partial charge in [-0.1, -0.05) is 0 Å². The number of methoxy groups -OCH3 is 2. The molecule has 0 aliphatic carbocycles. The number of thiophene rings is 1. The van der Waals surface area contributed by atoms with Crippen molar-refractivity contribution >= 4 is 40.6 Å². The van der Waals surface area contributed by atoms with Crippen molar-refractivity contribution in [1.29, 1.82) is 0 Å². The molecule has 0 aliphatic rings. The molecule has 0 aliphatic heterocycles. The summed E-state index contributed by atoms with van der Waals surface area (Å²) in [5.41, 5.74) is 3.04. The Bertz CT molecular complexity index is 916. The number of hydrogen-bond acceptors (Lipinski definition) is 8. The second-order valence-corrected chi connectivity index (χ2v) is 7.52. The van der Waals surface area contributed by atoms with Crippen LogP contribution in [0.3, 0.4) is 0 Å². The van der Waals surface area contributed by atoms with Crippen molar-refractivity contribution in [3.63, 3.8) is 0 Å². The van der Waals surface area contributed by atoms with Gasteiger partial charge >= 0.3 is 5.97 Å². The SMILES string of the molecule is COC(=O)c1sccc1SNc1ccc(NCCc2ccncc2)cc1OC. The average molecular weight is 416 g/mol. The minimum Gasteiger partial charge on any atom is -0.494 e. The van der Waals surface area contributed by atoms with E-state index in [0.29, 0.717) is 4.88 Å². The Morgan fingerprint density at radius 1 is 1.18 bits per heavy atom. The van der Waals surface area contributed by atoms with Crippen LogP contribution in [-0.4, -0.2) is 31.7 Å². The highest BCUT2D eigenvalue weighted by Gasteiger charge is 2.15. The summed E-state index contributed by atoms with van der Waals surface area (Å²) < 4.78 is 13.6. The number of pyridine rings is 1. The van der Waals surface area contributed by atoms with Crippen molar-refractivity contribution in [1.82, 2.24) is 4.98 Å². The molecule has 2 aromatic heterocycles. The van der Waals surface area contributed by atoms with Crippen molar-refractivity contribution < 1.29 is 14.3 Å². The van der Waals surface area contributed by atoms with E-state index >= 15 is 0 Å². The summed E-state index contributed by atoms with van der Waals surface area (Å²) >= 11 is 2.71. The molecular formula is C20H21N3O3S2. The standard InChI is InChI=1S/C20H21N3O3S2/c1-25-17-13-15(22-11-7-14-5-9-21-10-6-14)3-4-16(17)23-28-18-8-12-27-19(18)20(24)26-2/h3-6,8-10,12-13,22-23H,7,11H2,1-2H3. The molecule has 0 unspecified atom stereocenters. The van der Waals surface area contributed by atoms with Gasteiger partial charge in [0.1, 0.15) is 10.6 Å². The summed E-state index contributed by atoms with van der Waals surface area (Å²) in [6.07, 6.45) is 4.51. The predicted octanol–water partition coefficient (Wildman–Crippen LogP) is 4.71. The van der Waals surface area contributed by atoms with Crippen LogP contribution < -0.4 is 14.8 Å². The lowest BCUT2D eigenvalue weighted by Crippen LogP contribution is -2.05. The smallest absolute Gasteiger partial charge is 0.349 e. The number of aromatic nitrogens is 1. The number of benzene rings is 1. The number of nitrogens with zero attached hydrogens (tertiary/aromatic N) is 1. The molecule has 3 rings (SSSR count). The summed E-state index contributed by atoms with van der Waals surface area (Å²) in [6, 6.07) is 11.8. The highest BCUT2D eigenvalue weighted by molar-refractivity contribution is 8.00. The maximum absolute atomic E-state index is 11.8. The van der Waals surface area contributed by atoms with E-state index < -0.39 is 0 Å². The minimum atomic E-state index is -0.333. The Morgan fingerprint density at radius 2 is 2.00 bits per heavy atom. The van der Waals surface area contributed by atoms with Gasteiger partial charge in [-0.05, 0) is 59.6 Å². The molecule has 2 heterocycles. The normalized spacial score (nSPS) is 10.4. The Balaban J connectivity index is 1.60. The van der Waals surface area contributed by atoms with Gasteiger partial charge in [0.2, 0.25) is 0 Å². The summed E-state index contributed by atoms with van der Waals surface area (Å²) in [7, 11) is 3.02. The van der Waals surface area contributed by atoms with Gasteiger partial charge in [0, 0.05) is 30.7 Å². The molecule has 0 saturated carbocycles. The highest BCUT2D eigenvalue weighted by atomic mass is 32.2. The molecule has 8 heteroatoms. The van der Waals surface area contributed by atoms with Crippen LogP contribution in [0.5, 0.6) is 5.75 Å². The van der Waals surface area contributed by atoms with Gasteiger partial charge in [-0.15, -0.1) is 11.3 Å². The number of carbonyl (C=O) groups is 1. The molecule has 3 aromatic rings. The van der Waals surface area contributed by atoms with Gasteiger partial charge in [-0.3, -0.25) is 4.98 Å². The van der Waals surface area contributed by atoms with E-state index in [1.54, 1.807) is 19.5 Å². The number of carbonyl (C=O) groups excluding carboxylic acids is 1. The molecule has 0 radical (unpaired) electrons. The Labute approximate surface area is 172 Å². The fraction of sp³-hybridized carbons (Fsp3) is 0.200. The van der Waals surface area contributed by atoms with E-state index in [1.165, 1.54) is 36.0 Å². The fourth-order valence-corrected chi connectivity index (χ4v) is 4.28. The molecule has 28 heavy (non-hydrogen) atoms. The number of ether oxygens (including phenoxy) is 2. The quantitative estimate of drug-likeness (QED) is 0.387. The number of esters is 1. The maximum atomic E-state index is 11.8. The largest absolute Gasteiger partial charge is 0.494 e. The molecule has 0 amide bonds. The molecule has 0 spiro atoms. The maximum Gasteiger partial charge on any atom is 0.349 e. The van der Waals surface area contributed by atoms with E-state index in [9.17, 15) is 4.79 Å². The number of nitrogens with one attached hydrogen (secondary N) is 2. The number of rotatable bonds is 9. The van der Waals surface area contributed by atoms with Crippen LogP contribution in [0.1, 0.15) is 15.2 Å². The lowest BCUT2D eigenvalue weighted by Gasteiger charge is -2.13. The molecule has 146 valence electrons. The van der Waals surface area contributed by atoms with Crippen LogP contribution >= 0.6 is 23.3 Å². The van der Waals surface area contributed by atoms with Crippen molar-refractivity contribution in [3.8, 4) is 5.75 Å². The molecule has 0 atom stereocenters. The second kappa shape index (κ2) is 10.0. The summed E-state index contributed by atoms with van der Waals surface area (Å²) in [5.74, 6) is 0.385. The average Bonchev–Trinajstić information content (AvgIpc) is 3.21. The lowest BCUT2D eigenvalue weighted by molar-refractivity contribution is 0.0603. The monoisotopic (exact) mass is 415 g/mol. The molecule has 0 saturated heterocycles. The van der Waals surface area contributed by atoms with Crippen molar-refractivity contribution in [2.24, 2.45) is 0 Å². The molecule has 0 fully saturated rings. The molecule has 0 bridgehead atoms. The highest BCUT2D eigenvalue weighted by Crippen LogP contribution is 2.34. The van der Waals surface area contributed by atoms with Crippen LogP contribution in [-0.2, 0) is 11.2 Å². The third-order valence-corrected chi connectivity index (χ3v) is 5.87. The van der Waals surface area contributed by atoms with Crippen LogP contribution in [0.4, 0.5) is 11.4 Å².